The summed E-state index contributed by atoms with van der Waals surface area (Å²) in [4.78, 5) is 0. The van der Waals surface area contributed by atoms with E-state index < -0.39 is 5.60 Å². The predicted octanol–water partition coefficient (Wildman–Crippen LogP) is 0.476. The minimum atomic E-state index is -0.519. The van der Waals surface area contributed by atoms with Gasteiger partial charge in [-0.2, -0.15) is 0 Å². The van der Waals surface area contributed by atoms with Crippen LogP contribution >= 0.6 is 0 Å². The fraction of sp³-hybridized carbons (Fsp3) is 1.00. The summed E-state index contributed by atoms with van der Waals surface area (Å²) in [5.74, 6) is 0. The summed E-state index contributed by atoms with van der Waals surface area (Å²) in [7, 11) is 0. The fourth-order valence-electron chi connectivity index (χ4n) is 1.05. The van der Waals surface area contributed by atoms with E-state index in [0.717, 1.165) is 25.8 Å². The second-order valence-corrected chi connectivity index (χ2v) is 3.25. The Kier molecular flexibility index (Phi) is 6.34. The molecule has 0 spiro atoms. The molecule has 0 aliphatic carbocycles. The molecule has 0 radical (unpaired) electrons. The van der Waals surface area contributed by atoms with Gasteiger partial charge in [0.25, 0.3) is 0 Å². The summed E-state index contributed by atoms with van der Waals surface area (Å²) >= 11 is 0. The van der Waals surface area contributed by atoms with Crippen molar-refractivity contribution in [1.29, 1.82) is 0 Å². The highest BCUT2D eigenvalue weighted by molar-refractivity contribution is 4.77. The van der Waals surface area contributed by atoms with E-state index in [1.165, 1.54) is 0 Å². The molecule has 0 amide bonds. The van der Waals surface area contributed by atoms with Crippen molar-refractivity contribution >= 4 is 0 Å². The van der Waals surface area contributed by atoms with E-state index in [1.807, 2.05) is 13.8 Å². The molecule has 74 valence electrons. The first-order valence-electron chi connectivity index (χ1n) is 4.81. The smallest absolute Gasteiger partial charge is 0.0766 e. The van der Waals surface area contributed by atoms with Crippen LogP contribution < -0.4 is 11.1 Å². The van der Waals surface area contributed by atoms with Crippen LogP contribution in [0.15, 0.2) is 0 Å². The molecule has 3 heteroatoms. The van der Waals surface area contributed by atoms with Gasteiger partial charge >= 0.3 is 0 Å². The van der Waals surface area contributed by atoms with Crippen molar-refractivity contribution in [2.24, 2.45) is 5.73 Å². The minimum absolute atomic E-state index is 0.519. The van der Waals surface area contributed by atoms with Crippen LogP contribution in [0.5, 0.6) is 0 Å². The van der Waals surface area contributed by atoms with Gasteiger partial charge < -0.3 is 16.2 Å². The number of nitrogens with two attached hydrogens (primary N) is 1. The van der Waals surface area contributed by atoms with Crippen molar-refractivity contribution in [3.8, 4) is 0 Å². The first-order chi connectivity index (χ1) is 5.68. The Labute approximate surface area is 75.3 Å². The lowest BCUT2D eigenvalue weighted by molar-refractivity contribution is 0.0327. The van der Waals surface area contributed by atoms with Crippen LogP contribution in [0.25, 0.3) is 0 Å². The summed E-state index contributed by atoms with van der Waals surface area (Å²) in [5, 5.41) is 13.0. The molecule has 0 fully saturated rings. The summed E-state index contributed by atoms with van der Waals surface area (Å²) < 4.78 is 0. The van der Waals surface area contributed by atoms with Gasteiger partial charge in [-0.25, -0.2) is 0 Å². The monoisotopic (exact) mass is 174 g/mol. The Morgan fingerprint density at radius 1 is 1.33 bits per heavy atom. The first-order valence-corrected chi connectivity index (χ1v) is 4.81. The molecule has 3 nitrogen and oxygen atoms in total. The van der Waals surface area contributed by atoms with E-state index >= 15 is 0 Å². The summed E-state index contributed by atoms with van der Waals surface area (Å²) in [6, 6.07) is 0. The molecule has 0 saturated carbocycles. The van der Waals surface area contributed by atoms with Gasteiger partial charge in [0.15, 0.2) is 0 Å². The molecule has 0 bridgehead atoms. The van der Waals surface area contributed by atoms with Crippen molar-refractivity contribution in [2.75, 3.05) is 19.6 Å². The molecule has 0 rings (SSSR count). The van der Waals surface area contributed by atoms with Crippen molar-refractivity contribution < 1.29 is 5.11 Å². The number of hydrogen-bond acceptors (Lipinski definition) is 3. The average molecular weight is 174 g/mol. The average Bonchev–Trinajstić information content (AvgIpc) is 2.12. The summed E-state index contributed by atoms with van der Waals surface area (Å²) in [6.45, 7) is 6.31. The summed E-state index contributed by atoms with van der Waals surface area (Å²) in [6.07, 6.45) is 2.59. The lowest BCUT2D eigenvalue weighted by Gasteiger charge is -2.25. The normalized spacial score (nSPS) is 12.0. The van der Waals surface area contributed by atoms with Crippen LogP contribution in [-0.4, -0.2) is 30.3 Å². The number of hydrogen-bond donors (Lipinski definition) is 3. The Morgan fingerprint density at radius 3 is 2.33 bits per heavy atom. The molecule has 4 N–H and O–H groups in total. The van der Waals surface area contributed by atoms with Crippen LogP contribution in [-0.2, 0) is 0 Å². The Bertz CT molecular complexity index is 103. The van der Waals surface area contributed by atoms with E-state index in [9.17, 15) is 5.11 Å². The summed E-state index contributed by atoms with van der Waals surface area (Å²) in [5.41, 5.74) is 4.82. The maximum absolute atomic E-state index is 9.83. The lowest BCUT2D eigenvalue weighted by Crippen LogP contribution is -2.40. The van der Waals surface area contributed by atoms with Gasteiger partial charge in [0, 0.05) is 6.54 Å². The molecule has 0 aliphatic rings. The van der Waals surface area contributed by atoms with E-state index in [0.29, 0.717) is 13.1 Å². The van der Waals surface area contributed by atoms with Crippen LogP contribution in [0.4, 0.5) is 0 Å². The van der Waals surface area contributed by atoms with E-state index in [-0.39, 0.29) is 0 Å². The quantitative estimate of drug-likeness (QED) is 0.492. The van der Waals surface area contributed by atoms with Gasteiger partial charge in [-0.1, -0.05) is 13.8 Å². The lowest BCUT2D eigenvalue weighted by atomic mass is 9.98. The Morgan fingerprint density at radius 2 is 1.92 bits per heavy atom. The molecule has 0 heterocycles. The molecular weight excluding hydrogens is 152 g/mol. The van der Waals surface area contributed by atoms with Gasteiger partial charge in [-0.05, 0) is 32.4 Å². The largest absolute Gasteiger partial charge is 0.389 e. The maximum Gasteiger partial charge on any atom is 0.0766 e. The molecule has 0 saturated heterocycles. The highest BCUT2D eigenvalue weighted by Crippen LogP contribution is 2.12. The SMILES string of the molecule is CCC(O)(CC)CNCCCN. The van der Waals surface area contributed by atoms with E-state index in [1.54, 1.807) is 0 Å². The van der Waals surface area contributed by atoms with Crippen LogP contribution in [0.3, 0.4) is 0 Å². The molecule has 0 atom stereocenters. The Hall–Kier alpha value is -0.120. The van der Waals surface area contributed by atoms with E-state index in [4.69, 9.17) is 5.73 Å². The Balaban J connectivity index is 3.45. The van der Waals surface area contributed by atoms with Crippen molar-refractivity contribution in [3.63, 3.8) is 0 Å². The molecular formula is C9H22N2O. The van der Waals surface area contributed by atoms with Crippen molar-refractivity contribution in [2.45, 2.75) is 38.7 Å². The topological polar surface area (TPSA) is 58.3 Å². The van der Waals surface area contributed by atoms with Crippen molar-refractivity contribution in [3.05, 3.63) is 0 Å². The van der Waals surface area contributed by atoms with Gasteiger partial charge in [-0.3, -0.25) is 0 Å². The number of nitrogens with one attached hydrogen (secondary N) is 1. The fourth-order valence-corrected chi connectivity index (χ4v) is 1.05. The van der Waals surface area contributed by atoms with Crippen LogP contribution in [0.2, 0.25) is 0 Å². The zero-order valence-electron chi connectivity index (χ0n) is 8.27. The highest BCUT2D eigenvalue weighted by Gasteiger charge is 2.20. The standard InChI is InChI=1S/C9H22N2O/c1-3-9(12,4-2)8-11-7-5-6-10/h11-12H,3-8,10H2,1-2H3. The van der Waals surface area contributed by atoms with Gasteiger partial charge in [0.05, 0.1) is 5.60 Å². The number of rotatable bonds is 7. The van der Waals surface area contributed by atoms with Gasteiger partial charge in [-0.15, -0.1) is 0 Å². The molecule has 0 aliphatic heterocycles. The highest BCUT2D eigenvalue weighted by atomic mass is 16.3. The molecule has 0 aromatic heterocycles. The third-order valence-corrected chi connectivity index (χ3v) is 2.33. The molecule has 12 heavy (non-hydrogen) atoms. The molecule has 0 aromatic carbocycles. The zero-order valence-corrected chi connectivity index (χ0v) is 8.27. The zero-order chi connectivity index (χ0) is 9.45. The van der Waals surface area contributed by atoms with Crippen LogP contribution in [0.1, 0.15) is 33.1 Å². The van der Waals surface area contributed by atoms with Crippen LogP contribution in [0, 0.1) is 0 Å². The van der Waals surface area contributed by atoms with Crippen molar-refractivity contribution in [1.82, 2.24) is 5.32 Å². The third-order valence-electron chi connectivity index (χ3n) is 2.33. The maximum atomic E-state index is 9.83. The molecule has 0 unspecified atom stereocenters. The number of aliphatic hydroxyl groups is 1. The van der Waals surface area contributed by atoms with Gasteiger partial charge in [0.1, 0.15) is 0 Å². The second-order valence-electron chi connectivity index (χ2n) is 3.25. The first kappa shape index (κ1) is 11.9. The minimum Gasteiger partial charge on any atom is -0.389 e. The van der Waals surface area contributed by atoms with Gasteiger partial charge in [0.2, 0.25) is 0 Å². The predicted molar refractivity (Wildman–Crippen MR) is 52.1 cm³/mol. The molecule has 0 aromatic rings. The van der Waals surface area contributed by atoms with E-state index in [2.05, 4.69) is 5.32 Å². The third kappa shape index (κ3) is 4.70. The second kappa shape index (κ2) is 6.40.